The number of benzene rings is 2. The molecule has 1 heterocycles. The number of fused-ring (bicyclic) bond motifs is 1. The molecule has 1 N–H and O–H groups in total. The first-order chi connectivity index (χ1) is 11.1. The molecule has 0 aliphatic rings. The number of hydrogen-bond donors (Lipinski definition) is 1. The van der Waals surface area contributed by atoms with Crippen molar-refractivity contribution in [1.82, 2.24) is 5.32 Å². The Labute approximate surface area is 135 Å². The molecule has 23 heavy (non-hydrogen) atoms. The van der Waals surface area contributed by atoms with Gasteiger partial charge in [-0.1, -0.05) is 30.3 Å². The van der Waals surface area contributed by atoms with Crippen LogP contribution in [0, 0.1) is 0 Å². The highest BCUT2D eigenvalue weighted by atomic mass is 32.1. The van der Waals surface area contributed by atoms with Gasteiger partial charge in [0.05, 0.1) is 5.56 Å². The number of halogens is 2. The summed E-state index contributed by atoms with van der Waals surface area (Å²) in [6, 6.07) is 13.8. The maximum Gasteiger partial charge on any atom is 0.387 e. The third-order valence-electron chi connectivity index (χ3n) is 3.35. The Bertz CT molecular complexity index is 832. The molecular formula is C17H13F2NO2S. The fraction of sp³-hybridized carbons (Fsp3) is 0.118. The van der Waals surface area contributed by atoms with E-state index in [-0.39, 0.29) is 11.3 Å². The fourth-order valence-corrected chi connectivity index (χ4v) is 3.26. The van der Waals surface area contributed by atoms with Gasteiger partial charge in [-0.05, 0) is 34.5 Å². The topological polar surface area (TPSA) is 38.3 Å². The molecule has 0 fully saturated rings. The van der Waals surface area contributed by atoms with Crippen LogP contribution >= 0.6 is 11.3 Å². The largest absolute Gasteiger partial charge is 0.434 e. The Balaban J connectivity index is 1.75. The van der Waals surface area contributed by atoms with Crippen molar-refractivity contribution in [3.63, 3.8) is 0 Å². The van der Waals surface area contributed by atoms with Gasteiger partial charge in [-0.25, -0.2) is 0 Å². The van der Waals surface area contributed by atoms with Crippen molar-refractivity contribution >= 4 is 27.3 Å². The molecular weight excluding hydrogens is 320 g/mol. The SMILES string of the molecule is O=C(NCc1csc2ccccc12)c1ccccc1OC(F)F. The van der Waals surface area contributed by atoms with Gasteiger partial charge in [0.15, 0.2) is 0 Å². The lowest BCUT2D eigenvalue weighted by atomic mass is 10.1. The molecule has 3 rings (SSSR count). The zero-order valence-corrected chi connectivity index (χ0v) is 12.8. The molecule has 0 saturated heterocycles. The van der Waals surface area contributed by atoms with Crippen LogP contribution in [0.15, 0.2) is 53.9 Å². The Hall–Kier alpha value is -2.47. The normalized spacial score (nSPS) is 10.9. The van der Waals surface area contributed by atoms with Gasteiger partial charge >= 0.3 is 6.61 Å². The van der Waals surface area contributed by atoms with Crippen LogP contribution in [0.2, 0.25) is 0 Å². The highest BCUT2D eigenvalue weighted by Crippen LogP contribution is 2.26. The second-order valence-electron chi connectivity index (χ2n) is 4.81. The van der Waals surface area contributed by atoms with Gasteiger partial charge in [0.25, 0.3) is 5.91 Å². The Morgan fingerprint density at radius 3 is 2.70 bits per heavy atom. The third-order valence-corrected chi connectivity index (χ3v) is 4.36. The molecule has 0 atom stereocenters. The fourth-order valence-electron chi connectivity index (χ4n) is 2.29. The van der Waals surface area contributed by atoms with Crippen LogP contribution in [0.1, 0.15) is 15.9 Å². The molecule has 1 amide bonds. The van der Waals surface area contributed by atoms with E-state index in [1.165, 1.54) is 12.1 Å². The van der Waals surface area contributed by atoms with Gasteiger partial charge in [0.2, 0.25) is 0 Å². The number of carbonyl (C=O) groups excluding carboxylic acids is 1. The van der Waals surface area contributed by atoms with Crippen molar-refractivity contribution < 1.29 is 18.3 Å². The Morgan fingerprint density at radius 2 is 1.87 bits per heavy atom. The smallest absolute Gasteiger partial charge is 0.387 e. The van der Waals surface area contributed by atoms with Gasteiger partial charge < -0.3 is 10.1 Å². The predicted molar refractivity (Wildman–Crippen MR) is 86.1 cm³/mol. The number of carbonyl (C=O) groups is 1. The summed E-state index contributed by atoms with van der Waals surface area (Å²) in [6.07, 6.45) is 0. The standard InChI is InChI=1S/C17H13F2NO2S/c18-17(19)22-14-7-3-1-6-13(14)16(21)20-9-11-10-23-15-8-4-2-5-12(11)15/h1-8,10,17H,9H2,(H,20,21). The van der Waals surface area contributed by atoms with Crippen molar-refractivity contribution in [3.05, 3.63) is 65.0 Å². The van der Waals surface area contributed by atoms with Crippen LogP contribution in [0.25, 0.3) is 10.1 Å². The maximum atomic E-state index is 12.4. The van der Waals surface area contributed by atoms with Gasteiger partial charge in [0.1, 0.15) is 5.75 Å². The summed E-state index contributed by atoms with van der Waals surface area (Å²) in [4.78, 5) is 12.2. The summed E-state index contributed by atoms with van der Waals surface area (Å²) in [5.41, 5.74) is 1.08. The second-order valence-corrected chi connectivity index (χ2v) is 5.73. The number of ether oxygens (including phenoxy) is 1. The van der Waals surface area contributed by atoms with E-state index in [0.29, 0.717) is 6.54 Å². The van der Waals surface area contributed by atoms with Crippen molar-refractivity contribution in [1.29, 1.82) is 0 Å². The average molecular weight is 333 g/mol. The first-order valence-electron chi connectivity index (χ1n) is 6.92. The molecule has 2 aromatic carbocycles. The van der Waals surface area contributed by atoms with Gasteiger partial charge in [0, 0.05) is 11.2 Å². The average Bonchev–Trinajstić information content (AvgIpc) is 2.96. The van der Waals surface area contributed by atoms with Crippen molar-refractivity contribution in [3.8, 4) is 5.75 Å². The minimum Gasteiger partial charge on any atom is -0.434 e. The van der Waals surface area contributed by atoms with E-state index in [9.17, 15) is 13.6 Å². The number of alkyl halides is 2. The summed E-state index contributed by atoms with van der Waals surface area (Å²) < 4.78 is 30.3. The van der Waals surface area contributed by atoms with Gasteiger partial charge in [-0.3, -0.25) is 4.79 Å². The predicted octanol–water partition coefficient (Wildman–Crippen LogP) is 4.43. The monoisotopic (exact) mass is 333 g/mol. The lowest BCUT2D eigenvalue weighted by Crippen LogP contribution is -2.23. The number of hydrogen-bond acceptors (Lipinski definition) is 3. The summed E-state index contributed by atoms with van der Waals surface area (Å²) in [6.45, 7) is -2.64. The van der Waals surface area contributed by atoms with Gasteiger partial charge in [-0.2, -0.15) is 8.78 Å². The van der Waals surface area contributed by atoms with Crippen LogP contribution in [-0.4, -0.2) is 12.5 Å². The highest BCUT2D eigenvalue weighted by Gasteiger charge is 2.15. The summed E-state index contributed by atoms with van der Waals surface area (Å²) in [7, 11) is 0. The van der Waals surface area contributed by atoms with Crippen LogP contribution < -0.4 is 10.1 Å². The minimum absolute atomic E-state index is 0.0901. The molecule has 0 spiro atoms. The van der Waals surface area contributed by atoms with Crippen LogP contribution in [0.3, 0.4) is 0 Å². The summed E-state index contributed by atoms with van der Waals surface area (Å²) in [5, 5.41) is 5.81. The molecule has 6 heteroatoms. The quantitative estimate of drug-likeness (QED) is 0.750. The zero-order valence-electron chi connectivity index (χ0n) is 12.0. The lowest BCUT2D eigenvalue weighted by Gasteiger charge is -2.10. The first-order valence-corrected chi connectivity index (χ1v) is 7.80. The molecule has 0 bridgehead atoms. The molecule has 3 nitrogen and oxygen atoms in total. The number of rotatable bonds is 5. The van der Waals surface area contributed by atoms with Crippen molar-refractivity contribution in [2.45, 2.75) is 13.2 Å². The van der Waals surface area contributed by atoms with E-state index < -0.39 is 12.5 Å². The lowest BCUT2D eigenvalue weighted by molar-refractivity contribution is -0.0501. The van der Waals surface area contributed by atoms with Crippen molar-refractivity contribution in [2.75, 3.05) is 0 Å². The number of amides is 1. The van der Waals surface area contributed by atoms with Crippen molar-refractivity contribution in [2.24, 2.45) is 0 Å². The zero-order chi connectivity index (χ0) is 16.2. The number of nitrogens with one attached hydrogen (secondary N) is 1. The highest BCUT2D eigenvalue weighted by molar-refractivity contribution is 7.17. The first kappa shape index (κ1) is 15.4. The maximum absolute atomic E-state index is 12.4. The van der Waals surface area contributed by atoms with Crippen LogP contribution in [0.4, 0.5) is 8.78 Å². The third kappa shape index (κ3) is 3.48. The number of thiophene rings is 1. The summed E-state index contributed by atoms with van der Waals surface area (Å²) in [5.74, 6) is -0.577. The molecule has 0 aliphatic heterocycles. The molecule has 0 saturated carbocycles. The van der Waals surface area contributed by atoms with Gasteiger partial charge in [-0.15, -0.1) is 11.3 Å². The van der Waals surface area contributed by atoms with E-state index in [4.69, 9.17) is 0 Å². The van der Waals surface area contributed by atoms with E-state index in [2.05, 4.69) is 10.1 Å². The van der Waals surface area contributed by atoms with Crippen LogP contribution in [0.5, 0.6) is 5.75 Å². The Morgan fingerprint density at radius 1 is 1.13 bits per heavy atom. The van der Waals surface area contributed by atoms with E-state index in [0.717, 1.165) is 15.6 Å². The van der Waals surface area contributed by atoms with E-state index in [1.807, 2.05) is 29.6 Å². The molecule has 118 valence electrons. The van der Waals surface area contributed by atoms with E-state index >= 15 is 0 Å². The van der Waals surface area contributed by atoms with Crippen LogP contribution in [-0.2, 0) is 6.54 Å². The molecule has 1 aromatic heterocycles. The number of para-hydroxylation sites is 1. The Kier molecular flexibility index (Phi) is 4.52. The molecule has 0 radical (unpaired) electrons. The summed E-state index contributed by atoms with van der Waals surface area (Å²) >= 11 is 1.60. The minimum atomic E-state index is -2.97. The molecule has 0 unspecified atom stereocenters. The molecule has 0 aliphatic carbocycles. The second kappa shape index (κ2) is 6.75. The molecule has 3 aromatic rings. The van der Waals surface area contributed by atoms with E-state index in [1.54, 1.807) is 23.5 Å².